The van der Waals surface area contributed by atoms with Crippen LogP contribution in [0.1, 0.15) is 44.1 Å². The van der Waals surface area contributed by atoms with Gasteiger partial charge < -0.3 is 5.32 Å². The summed E-state index contributed by atoms with van der Waals surface area (Å²) in [5.41, 5.74) is 1.04. The fourth-order valence-electron chi connectivity index (χ4n) is 2.51. The molecule has 0 aromatic carbocycles. The fourth-order valence-corrected chi connectivity index (χ4v) is 2.51. The molecule has 1 N–H and O–H groups in total. The number of aromatic nitrogens is 2. The van der Waals surface area contributed by atoms with Crippen LogP contribution in [0.25, 0.3) is 0 Å². The van der Waals surface area contributed by atoms with Crippen molar-refractivity contribution < 1.29 is 0 Å². The summed E-state index contributed by atoms with van der Waals surface area (Å²) in [5, 5.41) is 3.56. The van der Waals surface area contributed by atoms with Gasteiger partial charge >= 0.3 is 0 Å². The summed E-state index contributed by atoms with van der Waals surface area (Å²) in [5.74, 6) is 2.60. The predicted octanol–water partition coefficient (Wildman–Crippen LogP) is 3.08. The molecule has 16 heavy (non-hydrogen) atoms. The third-order valence-corrected chi connectivity index (χ3v) is 3.41. The molecule has 1 aromatic heterocycles. The molecule has 3 heteroatoms. The van der Waals surface area contributed by atoms with Crippen molar-refractivity contribution in [1.82, 2.24) is 9.97 Å². The Balaban J connectivity index is 2.07. The van der Waals surface area contributed by atoms with Gasteiger partial charge in [-0.2, -0.15) is 0 Å². The van der Waals surface area contributed by atoms with Gasteiger partial charge in [-0.25, -0.2) is 9.97 Å². The largest absolute Gasteiger partial charge is 0.367 e. The first-order valence-corrected chi connectivity index (χ1v) is 6.24. The molecule has 88 valence electrons. The van der Waals surface area contributed by atoms with E-state index in [0.29, 0.717) is 6.04 Å². The second kappa shape index (κ2) is 4.81. The Hall–Kier alpha value is -1.12. The van der Waals surface area contributed by atoms with Gasteiger partial charge in [0.1, 0.15) is 11.6 Å². The zero-order valence-corrected chi connectivity index (χ0v) is 10.5. The molecule has 0 spiro atoms. The summed E-state index contributed by atoms with van der Waals surface area (Å²) >= 11 is 0. The molecular formula is C13H21N3. The van der Waals surface area contributed by atoms with Crippen LogP contribution in [0, 0.1) is 19.8 Å². The van der Waals surface area contributed by atoms with Crippen molar-refractivity contribution in [2.45, 2.75) is 52.5 Å². The lowest BCUT2D eigenvalue weighted by molar-refractivity contribution is 0.349. The number of nitrogens with zero attached hydrogens (tertiary/aromatic N) is 2. The van der Waals surface area contributed by atoms with E-state index in [9.17, 15) is 0 Å². The van der Waals surface area contributed by atoms with Crippen LogP contribution in [0.15, 0.2) is 6.07 Å². The number of aryl methyl sites for hydroxylation is 2. The van der Waals surface area contributed by atoms with Gasteiger partial charge in [-0.05, 0) is 32.6 Å². The Bertz CT molecular complexity index is 342. The monoisotopic (exact) mass is 219 g/mol. The van der Waals surface area contributed by atoms with Crippen LogP contribution < -0.4 is 5.32 Å². The summed E-state index contributed by atoms with van der Waals surface area (Å²) in [6.07, 6.45) is 5.32. The minimum atomic E-state index is 0.586. The molecule has 0 aliphatic heterocycles. The lowest BCUT2D eigenvalue weighted by Gasteiger charge is -2.30. The first-order chi connectivity index (χ1) is 7.65. The number of anilines is 1. The molecule has 0 amide bonds. The number of hydrogen-bond acceptors (Lipinski definition) is 3. The van der Waals surface area contributed by atoms with Crippen LogP contribution in [-0.2, 0) is 0 Å². The van der Waals surface area contributed by atoms with Gasteiger partial charge in [-0.1, -0.05) is 19.8 Å². The van der Waals surface area contributed by atoms with Gasteiger partial charge in [0.15, 0.2) is 0 Å². The Kier molecular flexibility index (Phi) is 3.42. The van der Waals surface area contributed by atoms with E-state index in [0.717, 1.165) is 23.3 Å². The van der Waals surface area contributed by atoms with E-state index in [1.54, 1.807) is 0 Å². The van der Waals surface area contributed by atoms with E-state index in [1.165, 1.54) is 25.7 Å². The molecular weight excluding hydrogens is 198 g/mol. The lowest BCUT2D eigenvalue weighted by atomic mass is 9.86. The number of rotatable bonds is 2. The van der Waals surface area contributed by atoms with Crippen molar-refractivity contribution in [3.8, 4) is 0 Å². The highest BCUT2D eigenvalue weighted by Gasteiger charge is 2.21. The summed E-state index contributed by atoms with van der Waals surface area (Å²) in [4.78, 5) is 8.74. The van der Waals surface area contributed by atoms with Gasteiger partial charge in [0, 0.05) is 17.8 Å². The maximum absolute atomic E-state index is 4.44. The minimum Gasteiger partial charge on any atom is -0.367 e. The van der Waals surface area contributed by atoms with Crippen LogP contribution in [-0.4, -0.2) is 16.0 Å². The normalized spacial score (nSPS) is 25.4. The third-order valence-electron chi connectivity index (χ3n) is 3.41. The summed E-state index contributed by atoms with van der Waals surface area (Å²) < 4.78 is 0. The Morgan fingerprint density at radius 3 is 2.62 bits per heavy atom. The van der Waals surface area contributed by atoms with Gasteiger partial charge in [-0.3, -0.25) is 0 Å². The SMILES string of the molecule is Cc1cc(NC2CCCCC2C)nc(C)n1. The van der Waals surface area contributed by atoms with Gasteiger partial charge in [0.2, 0.25) is 0 Å². The molecule has 1 heterocycles. The second-order valence-corrected chi connectivity index (χ2v) is 4.95. The molecule has 2 unspecified atom stereocenters. The maximum atomic E-state index is 4.44. The lowest BCUT2D eigenvalue weighted by Crippen LogP contribution is -2.30. The smallest absolute Gasteiger partial charge is 0.130 e. The molecule has 1 aromatic rings. The summed E-state index contributed by atoms with van der Waals surface area (Å²) in [6, 6.07) is 2.62. The molecule has 2 rings (SSSR count). The number of hydrogen-bond donors (Lipinski definition) is 1. The molecule has 0 radical (unpaired) electrons. The molecule has 2 atom stereocenters. The van der Waals surface area contributed by atoms with E-state index in [1.807, 2.05) is 19.9 Å². The fraction of sp³-hybridized carbons (Fsp3) is 0.692. The molecule has 1 saturated carbocycles. The summed E-state index contributed by atoms with van der Waals surface area (Å²) in [7, 11) is 0. The van der Waals surface area contributed by atoms with Crippen molar-refractivity contribution in [1.29, 1.82) is 0 Å². The van der Waals surface area contributed by atoms with Crippen molar-refractivity contribution in [2.24, 2.45) is 5.92 Å². The van der Waals surface area contributed by atoms with Crippen LogP contribution in [0.3, 0.4) is 0 Å². The highest BCUT2D eigenvalue weighted by Crippen LogP contribution is 2.26. The van der Waals surface area contributed by atoms with Gasteiger partial charge in [-0.15, -0.1) is 0 Å². The molecule has 1 fully saturated rings. The van der Waals surface area contributed by atoms with E-state index >= 15 is 0 Å². The first-order valence-electron chi connectivity index (χ1n) is 6.24. The van der Waals surface area contributed by atoms with Crippen molar-refractivity contribution in [3.63, 3.8) is 0 Å². The Morgan fingerprint density at radius 2 is 1.94 bits per heavy atom. The molecule has 3 nitrogen and oxygen atoms in total. The molecule has 1 aliphatic rings. The zero-order valence-electron chi connectivity index (χ0n) is 10.5. The van der Waals surface area contributed by atoms with Gasteiger partial charge in [0.25, 0.3) is 0 Å². The summed E-state index contributed by atoms with van der Waals surface area (Å²) in [6.45, 7) is 6.30. The topological polar surface area (TPSA) is 37.8 Å². The molecule has 0 bridgehead atoms. The average Bonchev–Trinajstić information content (AvgIpc) is 2.20. The highest BCUT2D eigenvalue weighted by molar-refractivity contribution is 5.37. The zero-order chi connectivity index (χ0) is 11.5. The van der Waals surface area contributed by atoms with E-state index in [2.05, 4.69) is 22.2 Å². The van der Waals surface area contributed by atoms with E-state index in [-0.39, 0.29) is 0 Å². The average molecular weight is 219 g/mol. The van der Waals surface area contributed by atoms with E-state index in [4.69, 9.17) is 0 Å². The van der Waals surface area contributed by atoms with Crippen LogP contribution in [0.5, 0.6) is 0 Å². The second-order valence-electron chi connectivity index (χ2n) is 4.95. The first kappa shape index (κ1) is 11.4. The molecule has 0 saturated heterocycles. The highest BCUT2D eigenvalue weighted by atomic mass is 15.0. The standard InChI is InChI=1S/C13H21N3/c1-9-6-4-5-7-12(9)16-13-8-10(2)14-11(3)15-13/h8-9,12H,4-7H2,1-3H3,(H,14,15,16). The van der Waals surface area contributed by atoms with Crippen molar-refractivity contribution >= 4 is 5.82 Å². The van der Waals surface area contributed by atoms with Crippen molar-refractivity contribution in [3.05, 3.63) is 17.6 Å². The van der Waals surface area contributed by atoms with Gasteiger partial charge in [0.05, 0.1) is 0 Å². The Labute approximate surface area is 97.7 Å². The third kappa shape index (κ3) is 2.71. The van der Waals surface area contributed by atoms with Crippen molar-refractivity contribution in [2.75, 3.05) is 5.32 Å². The van der Waals surface area contributed by atoms with Crippen LogP contribution in [0.4, 0.5) is 5.82 Å². The van der Waals surface area contributed by atoms with E-state index < -0.39 is 0 Å². The molecule has 1 aliphatic carbocycles. The maximum Gasteiger partial charge on any atom is 0.130 e. The predicted molar refractivity (Wildman–Crippen MR) is 66.5 cm³/mol. The Morgan fingerprint density at radius 1 is 1.19 bits per heavy atom. The number of nitrogens with one attached hydrogen (secondary N) is 1. The quantitative estimate of drug-likeness (QED) is 0.830. The van der Waals surface area contributed by atoms with Crippen LogP contribution >= 0.6 is 0 Å². The minimum absolute atomic E-state index is 0.586. The van der Waals surface area contributed by atoms with Crippen LogP contribution in [0.2, 0.25) is 0 Å².